The maximum atomic E-state index is 13.8. The third-order valence-corrected chi connectivity index (χ3v) is 12.2. The van der Waals surface area contributed by atoms with Gasteiger partial charge in [0.25, 0.3) is 0 Å². The standard InChI is InChI=1S/C25H24F3O3PS/c1-2-3-4-14-21-32(22-15-8-5-9-16-22,23-17-10-6-11-18-23,24-19-12-7-13-20-24)31-33(29,30)25(26,27)28/h5-13,15-20H,2-4H2,1H3. The van der Waals surface area contributed by atoms with Crippen LogP contribution in [0.5, 0.6) is 0 Å². The second-order valence-corrected chi connectivity index (χ2v) is 13.2. The summed E-state index contributed by atoms with van der Waals surface area (Å²) < 4.78 is 72.3. The van der Waals surface area contributed by atoms with E-state index in [2.05, 4.69) is 11.6 Å². The number of benzene rings is 3. The van der Waals surface area contributed by atoms with Gasteiger partial charge in [0.05, 0.1) is 0 Å². The van der Waals surface area contributed by atoms with E-state index in [0.717, 1.165) is 6.42 Å². The minimum absolute atomic E-state index is 0.276. The first-order valence-electron chi connectivity index (χ1n) is 10.4. The molecule has 0 bridgehead atoms. The Balaban J connectivity index is 2.58. The summed E-state index contributed by atoms with van der Waals surface area (Å²) in [6, 6.07) is 24.4. The molecule has 0 aliphatic heterocycles. The van der Waals surface area contributed by atoms with E-state index in [9.17, 15) is 21.6 Å². The molecule has 0 saturated heterocycles. The van der Waals surface area contributed by atoms with E-state index in [1.54, 1.807) is 91.0 Å². The Morgan fingerprint density at radius 2 is 1.18 bits per heavy atom. The zero-order chi connectivity index (χ0) is 24.0. The van der Waals surface area contributed by atoms with Gasteiger partial charge in [-0.05, 0) is 0 Å². The van der Waals surface area contributed by atoms with Crippen LogP contribution in [0.25, 0.3) is 0 Å². The fourth-order valence-electron chi connectivity index (χ4n) is 3.64. The summed E-state index contributed by atoms with van der Waals surface area (Å²) in [7, 11) is -6.05. The van der Waals surface area contributed by atoms with Crippen molar-refractivity contribution in [3.8, 4) is 11.6 Å². The number of unbranched alkanes of at least 4 members (excludes halogenated alkanes) is 2. The summed E-state index contributed by atoms with van der Waals surface area (Å²) in [4.78, 5) is 0. The van der Waals surface area contributed by atoms with Crippen molar-refractivity contribution in [1.82, 2.24) is 0 Å². The molecule has 0 spiro atoms. The summed E-state index contributed by atoms with van der Waals surface area (Å²) in [5.74, 6) is 2.99. The third kappa shape index (κ3) is 4.56. The van der Waals surface area contributed by atoms with Crippen molar-refractivity contribution in [2.75, 3.05) is 0 Å². The second kappa shape index (κ2) is 9.69. The third-order valence-electron chi connectivity index (χ3n) is 5.23. The first-order chi connectivity index (χ1) is 15.7. The van der Waals surface area contributed by atoms with Crippen LogP contribution in [0.2, 0.25) is 0 Å². The molecule has 0 fully saturated rings. The fraction of sp³-hybridized carbons (Fsp3) is 0.200. The van der Waals surface area contributed by atoms with Crippen molar-refractivity contribution < 1.29 is 25.6 Å². The van der Waals surface area contributed by atoms with E-state index in [1.807, 2.05) is 6.92 Å². The molecule has 0 aromatic heterocycles. The van der Waals surface area contributed by atoms with E-state index in [4.69, 9.17) is 3.97 Å². The zero-order valence-corrected chi connectivity index (χ0v) is 19.7. The number of hydrogen-bond donors (Lipinski definition) is 0. The van der Waals surface area contributed by atoms with Gasteiger partial charge < -0.3 is 0 Å². The Hall–Kier alpha value is -2.65. The molecule has 0 amide bonds. The molecule has 0 aliphatic carbocycles. The van der Waals surface area contributed by atoms with Gasteiger partial charge in [0.1, 0.15) is 0 Å². The van der Waals surface area contributed by atoms with Crippen molar-refractivity contribution in [2.45, 2.75) is 31.7 Å². The van der Waals surface area contributed by atoms with Gasteiger partial charge in [-0.1, -0.05) is 0 Å². The Bertz CT molecular complexity index is 1130. The molecule has 0 atom stereocenters. The summed E-state index contributed by atoms with van der Waals surface area (Å²) in [5.41, 5.74) is -2.59. The van der Waals surface area contributed by atoms with Crippen LogP contribution in [0, 0.1) is 11.6 Å². The Kier molecular flexibility index (Phi) is 7.33. The molecular formula is C25H24F3O3PS. The van der Waals surface area contributed by atoms with Crippen LogP contribution < -0.4 is 15.9 Å². The summed E-state index contributed by atoms with van der Waals surface area (Å²) in [6.45, 7) is -3.00. The predicted octanol–water partition coefficient (Wildman–Crippen LogP) is 5.45. The van der Waals surface area contributed by atoms with Gasteiger partial charge in [0, 0.05) is 0 Å². The predicted molar refractivity (Wildman–Crippen MR) is 129 cm³/mol. The first kappa shape index (κ1) is 25.0. The van der Waals surface area contributed by atoms with Crippen molar-refractivity contribution >= 4 is 32.9 Å². The molecule has 0 aliphatic rings. The number of alkyl halides is 3. The van der Waals surface area contributed by atoms with Gasteiger partial charge in [0.15, 0.2) is 0 Å². The maximum absolute atomic E-state index is 13.8. The molecule has 0 saturated carbocycles. The molecule has 3 nitrogen and oxygen atoms in total. The first-order valence-corrected chi connectivity index (χ1v) is 14.0. The Labute approximate surface area is 192 Å². The van der Waals surface area contributed by atoms with E-state index >= 15 is 0 Å². The van der Waals surface area contributed by atoms with Gasteiger partial charge in [0.2, 0.25) is 0 Å². The minimum atomic E-state index is -6.05. The van der Waals surface area contributed by atoms with Crippen molar-refractivity contribution in [2.24, 2.45) is 0 Å². The molecule has 3 aromatic carbocycles. The van der Waals surface area contributed by atoms with Crippen molar-refractivity contribution in [3.05, 3.63) is 91.0 Å². The molecule has 33 heavy (non-hydrogen) atoms. The van der Waals surface area contributed by atoms with E-state index in [1.165, 1.54) is 0 Å². The molecule has 3 rings (SSSR count). The van der Waals surface area contributed by atoms with Gasteiger partial charge >= 0.3 is 193 Å². The van der Waals surface area contributed by atoms with E-state index in [-0.39, 0.29) is 15.9 Å². The summed E-state index contributed by atoms with van der Waals surface area (Å²) >= 11 is 0. The van der Waals surface area contributed by atoms with E-state index in [0.29, 0.717) is 12.8 Å². The molecule has 8 heteroatoms. The van der Waals surface area contributed by atoms with Gasteiger partial charge in [-0.2, -0.15) is 0 Å². The van der Waals surface area contributed by atoms with Crippen LogP contribution in [0.15, 0.2) is 91.0 Å². The van der Waals surface area contributed by atoms with Crippen LogP contribution in [-0.2, 0) is 14.1 Å². The molecular weight excluding hydrogens is 468 g/mol. The molecule has 0 N–H and O–H groups in total. The topological polar surface area (TPSA) is 43.4 Å². The molecule has 3 aromatic rings. The summed E-state index contributed by atoms with van der Waals surface area (Å²) in [6.07, 6.45) is 1.93. The average Bonchev–Trinajstić information content (AvgIpc) is 2.82. The van der Waals surface area contributed by atoms with Gasteiger partial charge in [-0.3, -0.25) is 0 Å². The second-order valence-electron chi connectivity index (χ2n) is 7.41. The van der Waals surface area contributed by atoms with E-state index < -0.39 is 22.5 Å². The monoisotopic (exact) mass is 492 g/mol. The average molecular weight is 492 g/mol. The van der Waals surface area contributed by atoms with Crippen LogP contribution in [-0.4, -0.2) is 13.9 Å². The van der Waals surface area contributed by atoms with Gasteiger partial charge in [-0.15, -0.1) is 0 Å². The molecule has 0 radical (unpaired) electrons. The molecule has 0 heterocycles. The Morgan fingerprint density at radius 3 is 1.52 bits per heavy atom. The fourth-order valence-corrected chi connectivity index (χ4v) is 10.6. The van der Waals surface area contributed by atoms with Crippen LogP contribution in [0.3, 0.4) is 0 Å². The number of hydrogen-bond acceptors (Lipinski definition) is 3. The van der Waals surface area contributed by atoms with Gasteiger partial charge in [-0.25, -0.2) is 0 Å². The van der Waals surface area contributed by atoms with Crippen LogP contribution >= 0.6 is 6.83 Å². The van der Waals surface area contributed by atoms with Crippen molar-refractivity contribution in [3.63, 3.8) is 0 Å². The summed E-state index contributed by atoms with van der Waals surface area (Å²) in [5, 5.41) is 0.827. The Morgan fingerprint density at radius 1 is 0.788 bits per heavy atom. The number of rotatable bonds is 7. The van der Waals surface area contributed by atoms with Crippen LogP contribution in [0.4, 0.5) is 13.2 Å². The molecule has 174 valence electrons. The SMILES string of the molecule is CCCCC#CP(OS(=O)(=O)C(F)(F)F)(c1ccccc1)(c1ccccc1)c1ccccc1. The normalized spacial score (nSPS) is 13.4. The van der Waals surface area contributed by atoms with Crippen molar-refractivity contribution in [1.29, 1.82) is 0 Å². The van der Waals surface area contributed by atoms with Crippen LogP contribution in [0.1, 0.15) is 26.2 Å². The molecule has 0 unspecified atom stereocenters. The number of halogens is 3. The zero-order valence-electron chi connectivity index (χ0n) is 18.0. The quantitative estimate of drug-likeness (QED) is 0.191.